The highest BCUT2D eigenvalue weighted by Gasteiger charge is 2.15. The summed E-state index contributed by atoms with van der Waals surface area (Å²) in [5, 5.41) is 2.66. The summed E-state index contributed by atoms with van der Waals surface area (Å²) in [6, 6.07) is 14.6. The van der Waals surface area contributed by atoms with Crippen LogP contribution in [-0.4, -0.2) is 44.0 Å². The molecule has 0 radical (unpaired) electrons. The number of benzene rings is 2. The van der Waals surface area contributed by atoms with Crippen molar-refractivity contribution >= 4 is 11.8 Å². The lowest BCUT2D eigenvalue weighted by Gasteiger charge is -2.21. The van der Waals surface area contributed by atoms with Gasteiger partial charge in [0.15, 0.2) is 11.5 Å². The summed E-state index contributed by atoms with van der Waals surface area (Å²) >= 11 is 0. The number of amides is 2. The number of hydrogen-bond acceptors (Lipinski definition) is 4. The molecule has 0 aliphatic rings. The van der Waals surface area contributed by atoms with E-state index in [4.69, 9.17) is 9.47 Å². The van der Waals surface area contributed by atoms with E-state index in [-0.39, 0.29) is 18.4 Å². The van der Waals surface area contributed by atoms with Crippen LogP contribution in [0.3, 0.4) is 0 Å². The van der Waals surface area contributed by atoms with E-state index in [1.54, 1.807) is 23.1 Å². The van der Waals surface area contributed by atoms with Gasteiger partial charge in [-0.1, -0.05) is 30.3 Å². The SMILES string of the molecule is CCN(Cc1ccccc1)C(=O)CNC(=O)c1ccc(OC)c(OC)c1. The van der Waals surface area contributed by atoms with Crippen molar-refractivity contribution in [2.24, 2.45) is 0 Å². The second-order valence-corrected chi connectivity index (χ2v) is 5.65. The largest absolute Gasteiger partial charge is 0.493 e. The lowest BCUT2D eigenvalue weighted by molar-refractivity contribution is -0.130. The highest BCUT2D eigenvalue weighted by Crippen LogP contribution is 2.27. The number of methoxy groups -OCH3 is 2. The first kappa shape index (κ1) is 19.3. The second-order valence-electron chi connectivity index (χ2n) is 5.65. The number of nitrogens with zero attached hydrogens (tertiary/aromatic N) is 1. The molecule has 2 rings (SSSR count). The predicted octanol–water partition coefficient (Wildman–Crippen LogP) is 2.48. The van der Waals surface area contributed by atoms with E-state index in [0.29, 0.717) is 30.2 Å². The van der Waals surface area contributed by atoms with Gasteiger partial charge in [-0.2, -0.15) is 0 Å². The zero-order valence-corrected chi connectivity index (χ0v) is 15.3. The van der Waals surface area contributed by atoms with Gasteiger partial charge in [0.1, 0.15) is 0 Å². The molecule has 0 atom stereocenters. The zero-order chi connectivity index (χ0) is 18.9. The van der Waals surface area contributed by atoms with E-state index in [2.05, 4.69) is 5.32 Å². The Balaban J connectivity index is 1.96. The van der Waals surface area contributed by atoms with Gasteiger partial charge in [-0.3, -0.25) is 9.59 Å². The van der Waals surface area contributed by atoms with Gasteiger partial charge < -0.3 is 19.7 Å². The number of carbonyl (C=O) groups excluding carboxylic acids is 2. The lowest BCUT2D eigenvalue weighted by Crippen LogP contribution is -2.39. The topological polar surface area (TPSA) is 67.9 Å². The van der Waals surface area contributed by atoms with Crippen molar-refractivity contribution in [2.75, 3.05) is 27.3 Å². The molecule has 0 aliphatic heterocycles. The molecule has 2 amide bonds. The maximum atomic E-state index is 12.4. The van der Waals surface area contributed by atoms with Gasteiger partial charge in [0.2, 0.25) is 5.91 Å². The summed E-state index contributed by atoms with van der Waals surface area (Å²) in [4.78, 5) is 26.4. The molecular weight excluding hydrogens is 332 g/mol. The van der Waals surface area contributed by atoms with Gasteiger partial charge in [-0.15, -0.1) is 0 Å². The van der Waals surface area contributed by atoms with Crippen molar-refractivity contribution in [1.82, 2.24) is 10.2 Å². The van der Waals surface area contributed by atoms with Gasteiger partial charge in [0.05, 0.1) is 20.8 Å². The number of likely N-dealkylation sites (N-methyl/N-ethyl adjacent to an activating group) is 1. The Bertz CT molecular complexity index is 747. The van der Waals surface area contributed by atoms with Crippen molar-refractivity contribution < 1.29 is 19.1 Å². The first-order valence-electron chi connectivity index (χ1n) is 8.41. The Labute approximate surface area is 153 Å². The zero-order valence-electron chi connectivity index (χ0n) is 15.3. The molecule has 0 saturated carbocycles. The smallest absolute Gasteiger partial charge is 0.251 e. The predicted molar refractivity (Wildman–Crippen MR) is 99.4 cm³/mol. The third kappa shape index (κ3) is 4.99. The van der Waals surface area contributed by atoms with E-state index >= 15 is 0 Å². The Morgan fingerprint density at radius 3 is 2.31 bits per heavy atom. The summed E-state index contributed by atoms with van der Waals surface area (Å²) in [5.74, 6) is 0.533. The maximum Gasteiger partial charge on any atom is 0.251 e. The van der Waals surface area contributed by atoms with Crippen molar-refractivity contribution in [2.45, 2.75) is 13.5 Å². The van der Waals surface area contributed by atoms with E-state index in [9.17, 15) is 9.59 Å². The minimum Gasteiger partial charge on any atom is -0.493 e. The molecule has 0 unspecified atom stereocenters. The minimum atomic E-state index is -0.338. The van der Waals surface area contributed by atoms with Gasteiger partial charge in [0, 0.05) is 18.7 Å². The van der Waals surface area contributed by atoms with Gasteiger partial charge >= 0.3 is 0 Å². The van der Waals surface area contributed by atoms with E-state index in [0.717, 1.165) is 5.56 Å². The van der Waals surface area contributed by atoms with Crippen LogP contribution in [0.1, 0.15) is 22.8 Å². The average Bonchev–Trinajstić information content (AvgIpc) is 2.70. The summed E-state index contributed by atoms with van der Waals surface area (Å²) in [6.07, 6.45) is 0. The fourth-order valence-corrected chi connectivity index (χ4v) is 2.53. The highest BCUT2D eigenvalue weighted by atomic mass is 16.5. The van der Waals surface area contributed by atoms with E-state index in [1.165, 1.54) is 14.2 Å². The Hall–Kier alpha value is -3.02. The first-order chi connectivity index (χ1) is 12.6. The number of carbonyl (C=O) groups is 2. The van der Waals surface area contributed by atoms with Gasteiger partial charge in [-0.05, 0) is 30.7 Å². The number of nitrogens with one attached hydrogen (secondary N) is 1. The molecule has 0 heterocycles. The quantitative estimate of drug-likeness (QED) is 0.789. The highest BCUT2D eigenvalue weighted by molar-refractivity contribution is 5.97. The fraction of sp³-hybridized carbons (Fsp3) is 0.300. The second kappa shape index (κ2) is 9.46. The van der Waals surface area contributed by atoms with Crippen LogP contribution in [0.25, 0.3) is 0 Å². The Morgan fingerprint density at radius 1 is 1.00 bits per heavy atom. The van der Waals surface area contributed by atoms with E-state index < -0.39 is 0 Å². The molecule has 0 aliphatic carbocycles. The normalized spacial score (nSPS) is 10.1. The molecule has 0 aromatic heterocycles. The Kier molecular flexibility index (Phi) is 7.02. The average molecular weight is 356 g/mol. The number of rotatable bonds is 8. The molecule has 6 nitrogen and oxygen atoms in total. The molecule has 6 heteroatoms. The molecule has 0 saturated heterocycles. The number of ether oxygens (including phenoxy) is 2. The van der Waals surface area contributed by atoms with Crippen LogP contribution < -0.4 is 14.8 Å². The fourth-order valence-electron chi connectivity index (χ4n) is 2.53. The van der Waals surface area contributed by atoms with Crippen molar-refractivity contribution in [3.8, 4) is 11.5 Å². The van der Waals surface area contributed by atoms with Crippen LogP contribution in [0.15, 0.2) is 48.5 Å². The monoisotopic (exact) mass is 356 g/mol. The molecular formula is C20H24N2O4. The van der Waals surface area contributed by atoms with E-state index in [1.807, 2.05) is 37.3 Å². The summed E-state index contributed by atoms with van der Waals surface area (Å²) in [7, 11) is 3.04. The molecule has 2 aromatic carbocycles. The van der Waals surface area contributed by atoms with Crippen LogP contribution in [0, 0.1) is 0 Å². The van der Waals surface area contributed by atoms with Crippen LogP contribution in [0.2, 0.25) is 0 Å². The minimum absolute atomic E-state index is 0.0617. The summed E-state index contributed by atoms with van der Waals surface area (Å²) in [5.41, 5.74) is 1.45. The maximum absolute atomic E-state index is 12.4. The van der Waals surface area contributed by atoms with Crippen LogP contribution >= 0.6 is 0 Å². The van der Waals surface area contributed by atoms with Crippen LogP contribution in [0.5, 0.6) is 11.5 Å². The Morgan fingerprint density at radius 2 is 1.69 bits per heavy atom. The standard InChI is InChI=1S/C20H24N2O4/c1-4-22(14-15-8-6-5-7-9-15)19(23)13-21-20(24)16-10-11-17(25-2)18(12-16)26-3/h5-12H,4,13-14H2,1-3H3,(H,21,24). The van der Waals surface area contributed by atoms with Gasteiger partial charge in [0.25, 0.3) is 5.91 Å². The molecule has 1 N–H and O–H groups in total. The molecule has 2 aromatic rings. The van der Waals surface area contributed by atoms with Gasteiger partial charge in [-0.25, -0.2) is 0 Å². The molecule has 138 valence electrons. The third-order valence-corrected chi connectivity index (χ3v) is 4.00. The first-order valence-corrected chi connectivity index (χ1v) is 8.41. The van der Waals surface area contributed by atoms with Crippen molar-refractivity contribution in [1.29, 1.82) is 0 Å². The summed E-state index contributed by atoms with van der Waals surface area (Å²) < 4.78 is 10.3. The number of hydrogen-bond donors (Lipinski definition) is 1. The summed E-state index contributed by atoms with van der Waals surface area (Å²) in [6.45, 7) is 2.94. The van der Waals surface area contributed by atoms with Crippen LogP contribution in [-0.2, 0) is 11.3 Å². The molecule has 0 spiro atoms. The van der Waals surface area contributed by atoms with Crippen molar-refractivity contribution in [3.63, 3.8) is 0 Å². The third-order valence-electron chi connectivity index (χ3n) is 4.00. The van der Waals surface area contributed by atoms with Crippen molar-refractivity contribution in [3.05, 3.63) is 59.7 Å². The molecule has 26 heavy (non-hydrogen) atoms. The molecule has 0 bridgehead atoms. The van der Waals surface area contributed by atoms with Crippen LogP contribution in [0.4, 0.5) is 0 Å². The lowest BCUT2D eigenvalue weighted by atomic mass is 10.2. The molecule has 0 fully saturated rings.